The van der Waals surface area contributed by atoms with Crippen LogP contribution < -0.4 is 15.8 Å². The molecular formula is C18H19ClF3N4+. The summed E-state index contributed by atoms with van der Waals surface area (Å²) in [4.78, 5) is 5.19. The van der Waals surface area contributed by atoms with Crippen LogP contribution in [-0.4, -0.2) is 18.1 Å². The van der Waals surface area contributed by atoms with Gasteiger partial charge in [0.1, 0.15) is 6.54 Å². The molecule has 2 aromatic rings. The number of alkyl halides is 3. The minimum Gasteiger partial charge on any atom is -0.328 e. The molecule has 0 saturated carbocycles. The van der Waals surface area contributed by atoms with Crippen LogP contribution in [-0.2, 0) is 12.7 Å². The highest BCUT2D eigenvalue weighted by atomic mass is 35.5. The summed E-state index contributed by atoms with van der Waals surface area (Å²) in [6.07, 6.45) is -0.795. The van der Waals surface area contributed by atoms with Crippen LogP contribution in [0.4, 0.5) is 19.0 Å². The van der Waals surface area contributed by atoms with Crippen LogP contribution in [0, 0.1) is 0 Å². The van der Waals surface area contributed by atoms with E-state index >= 15 is 0 Å². The van der Waals surface area contributed by atoms with Gasteiger partial charge in [-0.25, -0.2) is 4.98 Å². The second-order valence-corrected chi connectivity index (χ2v) is 6.56. The van der Waals surface area contributed by atoms with Crippen molar-refractivity contribution in [2.75, 3.05) is 18.5 Å². The van der Waals surface area contributed by atoms with Crippen molar-refractivity contribution in [3.05, 3.63) is 70.5 Å². The summed E-state index contributed by atoms with van der Waals surface area (Å²) in [7, 11) is 0. The predicted octanol–water partition coefficient (Wildman–Crippen LogP) is 3.04. The number of hydrogen-bond acceptors (Lipinski definition) is 3. The van der Waals surface area contributed by atoms with Gasteiger partial charge in [0.25, 0.3) is 0 Å². The van der Waals surface area contributed by atoms with Gasteiger partial charge in [-0.15, -0.1) is 0 Å². The molecule has 0 radical (unpaired) electrons. The Hall–Kier alpha value is -2.25. The second-order valence-electron chi connectivity index (χ2n) is 6.15. The average molecular weight is 384 g/mol. The van der Waals surface area contributed by atoms with Gasteiger partial charge in [-0.2, -0.15) is 13.2 Å². The highest BCUT2D eigenvalue weighted by Gasteiger charge is 2.31. The molecule has 2 heterocycles. The summed E-state index contributed by atoms with van der Waals surface area (Å²) >= 11 is 5.88. The molecule has 138 valence electrons. The van der Waals surface area contributed by atoms with E-state index in [2.05, 4.69) is 34.0 Å². The first kappa shape index (κ1) is 18.5. The maximum atomic E-state index is 12.6. The zero-order chi connectivity index (χ0) is 18.6. The molecular weight excluding hydrogens is 365 g/mol. The van der Waals surface area contributed by atoms with E-state index in [0.717, 1.165) is 44.0 Å². The van der Waals surface area contributed by atoms with Gasteiger partial charge in [0.2, 0.25) is 0 Å². The molecule has 1 aromatic carbocycles. The first-order chi connectivity index (χ1) is 12.4. The van der Waals surface area contributed by atoms with E-state index in [4.69, 9.17) is 11.6 Å². The smallest absolute Gasteiger partial charge is 0.328 e. The molecule has 1 aliphatic rings. The SMILES string of the molecule is FC(F)(F)c1cnc(NNC2=CC[NH+](Cc3ccccc3)CC2)c(Cl)c1. The van der Waals surface area contributed by atoms with Crippen LogP contribution in [0.15, 0.2) is 54.4 Å². The quantitative estimate of drug-likeness (QED) is 0.695. The summed E-state index contributed by atoms with van der Waals surface area (Å²) in [5, 5.41) is -0.0833. The second kappa shape index (κ2) is 7.97. The van der Waals surface area contributed by atoms with E-state index in [9.17, 15) is 13.2 Å². The molecule has 1 aromatic heterocycles. The van der Waals surface area contributed by atoms with Crippen LogP contribution in [0.25, 0.3) is 0 Å². The summed E-state index contributed by atoms with van der Waals surface area (Å²) in [6.45, 7) is 2.79. The number of rotatable bonds is 5. The summed E-state index contributed by atoms with van der Waals surface area (Å²) < 4.78 is 37.9. The van der Waals surface area contributed by atoms with Crippen LogP contribution in [0.1, 0.15) is 17.5 Å². The molecule has 1 atom stereocenters. The lowest BCUT2D eigenvalue weighted by molar-refractivity contribution is -0.909. The maximum absolute atomic E-state index is 12.6. The van der Waals surface area contributed by atoms with Crippen molar-refractivity contribution in [2.45, 2.75) is 19.1 Å². The third-order valence-electron chi connectivity index (χ3n) is 4.19. The minimum absolute atomic E-state index is 0.0833. The molecule has 26 heavy (non-hydrogen) atoms. The Bertz CT molecular complexity index is 778. The number of anilines is 1. The topological polar surface area (TPSA) is 41.4 Å². The molecule has 3 rings (SSSR count). The molecule has 0 spiro atoms. The summed E-state index contributed by atoms with van der Waals surface area (Å²) in [5.41, 5.74) is 7.18. The van der Waals surface area contributed by atoms with Crippen molar-refractivity contribution in [3.63, 3.8) is 0 Å². The number of benzene rings is 1. The number of nitrogens with one attached hydrogen (secondary N) is 3. The Morgan fingerprint density at radius 1 is 1.15 bits per heavy atom. The lowest BCUT2D eigenvalue weighted by Gasteiger charge is -2.24. The van der Waals surface area contributed by atoms with E-state index in [1.807, 2.05) is 18.2 Å². The van der Waals surface area contributed by atoms with Crippen LogP contribution in [0.2, 0.25) is 5.02 Å². The van der Waals surface area contributed by atoms with Crippen LogP contribution >= 0.6 is 11.6 Å². The standard InChI is InChI=1S/C18H18ClF3N4/c19-16-10-14(18(20,21)22)11-23-17(16)25-24-15-6-8-26(9-7-15)12-13-4-2-1-3-5-13/h1-6,10-11,24H,7-9,12H2,(H,23,25)/p+1. The van der Waals surface area contributed by atoms with Gasteiger partial charge < -0.3 is 10.3 Å². The normalized spacial score (nSPS) is 17.5. The fraction of sp³-hybridized carbons (Fsp3) is 0.278. The number of hydrazine groups is 1. The van der Waals surface area contributed by atoms with E-state index < -0.39 is 11.7 Å². The molecule has 0 aliphatic carbocycles. The molecule has 0 bridgehead atoms. The molecule has 1 aliphatic heterocycles. The number of nitrogens with zero attached hydrogens (tertiary/aromatic N) is 1. The van der Waals surface area contributed by atoms with Crippen LogP contribution in [0.5, 0.6) is 0 Å². The molecule has 8 heteroatoms. The summed E-state index contributed by atoms with van der Waals surface area (Å²) in [6, 6.07) is 11.2. The Balaban J connectivity index is 1.53. The zero-order valence-corrected chi connectivity index (χ0v) is 14.7. The highest BCUT2D eigenvalue weighted by molar-refractivity contribution is 6.32. The number of pyridine rings is 1. The molecule has 3 N–H and O–H groups in total. The van der Waals surface area contributed by atoms with E-state index in [-0.39, 0.29) is 10.8 Å². The fourth-order valence-electron chi connectivity index (χ4n) is 2.77. The maximum Gasteiger partial charge on any atom is 0.417 e. The van der Waals surface area contributed by atoms with Crippen molar-refractivity contribution >= 4 is 17.4 Å². The Morgan fingerprint density at radius 2 is 1.92 bits per heavy atom. The number of aromatic nitrogens is 1. The van der Waals surface area contributed by atoms with E-state index in [1.54, 1.807) is 0 Å². The average Bonchev–Trinajstić information content (AvgIpc) is 2.62. The van der Waals surface area contributed by atoms with Gasteiger partial charge in [0.05, 0.1) is 23.7 Å². The molecule has 4 nitrogen and oxygen atoms in total. The summed E-state index contributed by atoms with van der Waals surface area (Å²) in [5.74, 6) is 0.166. The lowest BCUT2D eigenvalue weighted by atomic mass is 10.1. The first-order valence-corrected chi connectivity index (χ1v) is 8.61. The fourth-order valence-corrected chi connectivity index (χ4v) is 2.98. The van der Waals surface area contributed by atoms with Crippen molar-refractivity contribution in [3.8, 4) is 0 Å². The third kappa shape index (κ3) is 4.89. The van der Waals surface area contributed by atoms with Gasteiger partial charge in [0.15, 0.2) is 5.82 Å². The predicted molar refractivity (Wildman–Crippen MR) is 94.6 cm³/mol. The highest BCUT2D eigenvalue weighted by Crippen LogP contribution is 2.32. The van der Waals surface area contributed by atoms with Crippen molar-refractivity contribution in [1.29, 1.82) is 0 Å². The van der Waals surface area contributed by atoms with Gasteiger partial charge in [-0.05, 0) is 12.1 Å². The van der Waals surface area contributed by atoms with Crippen molar-refractivity contribution < 1.29 is 18.1 Å². The number of hydrogen-bond donors (Lipinski definition) is 3. The number of halogens is 4. The van der Waals surface area contributed by atoms with Gasteiger partial charge in [0, 0.05) is 23.9 Å². The minimum atomic E-state index is -4.46. The third-order valence-corrected chi connectivity index (χ3v) is 4.48. The first-order valence-electron chi connectivity index (χ1n) is 8.23. The van der Waals surface area contributed by atoms with Crippen molar-refractivity contribution in [2.24, 2.45) is 0 Å². The molecule has 0 amide bonds. The van der Waals surface area contributed by atoms with Gasteiger partial charge in [-0.3, -0.25) is 5.43 Å². The van der Waals surface area contributed by atoms with Crippen molar-refractivity contribution in [1.82, 2.24) is 10.4 Å². The Labute approximate surface area is 154 Å². The Kier molecular flexibility index (Phi) is 5.68. The molecule has 0 saturated heterocycles. The molecule has 0 fully saturated rings. The van der Waals surface area contributed by atoms with E-state index in [1.165, 1.54) is 10.5 Å². The van der Waals surface area contributed by atoms with E-state index in [0.29, 0.717) is 0 Å². The Morgan fingerprint density at radius 3 is 2.54 bits per heavy atom. The van der Waals surface area contributed by atoms with Crippen LogP contribution in [0.3, 0.4) is 0 Å². The van der Waals surface area contributed by atoms with Gasteiger partial charge >= 0.3 is 6.18 Å². The monoisotopic (exact) mass is 383 g/mol. The lowest BCUT2D eigenvalue weighted by Crippen LogP contribution is -3.11. The largest absolute Gasteiger partial charge is 0.417 e. The zero-order valence-electron chi connectivity index (χ0n) is 13.9. The molecule has 1 unspecified atom stereocenters. The van der Waals surface area contributed by atoms with Gasteiger partial charge in [-0.1, -0.05) is 41.9 Å². The number of quaternary nitrogens is 1.